The van der Waals surface area contributed by atoms with Gasteiger partial charge in [-0.05, 0) is 31.1 Å². The first kappa shape index (κ1) is 15.3. The number of carbonyl (C=O) groups is 1. The van der Waals surface area contributed by atoms with E-state index in [1.54, 1.807) is 12.5 Å². The first-order chi connectivity index (χ1) is 10.3. The van der Waals surface area contributed by atoms with E-state index >= 15 is 0 Å². The van der Waals surface area contributed by atoms with Gasteiger partial charge in [0.15, 0.2) is 0 Å². The molecule has 0 saturated heterocycles. The molecule has 0 radical (unpaired) electrons. The fourth-order valence-electron chi connectivity index (χ4n) is 2.07. The molecule has 0 unspecified atom stereocenters. The molecule has 2 rings (SSSR count). The first-order valence-electron chi connectivity index (χ1n) is 7.23. The molecule has 0 aliphatic carbocycles. The number of nitrogens with zero attached hydrogens (tertiary/aromatic N) is 2. The lowest BCUT2D eigenvalue weighted by molar-refractivity contribution is -0.121. The molecule has 1 heterocycles. The summed E-state index contributed by atoms with van der Waals surface area (Å²) in [6.45, 7) is 2.27. The molecule has 112 valence electrons. The molecule has 5 nitrogen and oxygen atoms in total. The quantitative estimate of drug-likeness (QED) is 0.724. The minimum atomic E-state index is 0.104. The lowest BCUT2D eigenvalue weighted by Gasteiger charge is -2.07. The average Bonchev–Trinajstić information content (AvgIpc) is 3.00. The van der Waals surface area contributed by atoms with Gasteiger partial charge >= 0.3 is 0 Å². The van der Waals surface area contributed by atoms with Gasteiger partial charge in [0, 0.05) is 31.9 Å². The standard InChI is InChI=1S/C16H22N4O/c1-17-8-2-3-16(21)19-11-14-4-6-15(7-5-14)12-20-10-9-18-13-20/h4-7,9-10,13,17H,2-3,8,11-12H2,1H3,(H,19,21). The Morgan fingerprint density at radius 3 is 2.67 bits per heavy atom. The highest BCUT2D eigenvalue weighted by atomic mass is 16.1. The number of hydrogen-bond acceptors (Lipinski definition) is 3. The van der Waals surface area contributed by atoms with Crippen molar-refractivity contribution in [1.29, 1.82) is 0 Å². The van der Waals surface area contributed by atoms with Crippen LogP contribution in [-0.2, 0) is 17.9 Å². The van der Waals surface area contributed by atoms with Crippen LogP contribution in [0.2, 0.25) is 0 Å². The number of carbonyl (C=O) groups excluding carboxylic acids is 1. The molecule has 0 saturated carbocycles. The Balaban J connectivity index is 1.75. The second-order valence-electron chi connectivity index (χ2n) is 5.04. The van der Waals surface area contributed by atoms with E-state index in [9.17, 15) is 4.79 Å². The van der Waals surface area contributed by atoms with E-state index in [0.717, 1.165) is 25.1 Å². The van der Waals surface area contributed by atoms with Crippen LogP contribution in [0, 0.1) is 0 Å². The monoisotopic (exact) mass is 286 g/mol. The van der Waals surface area contributed by atoms with Crippen LogP contribution in [0.1, 0.15) is 24.0 Å². The third-order valence-electron chi connectivity index (χ3n) is 3.27. The maximum atomic E-state index is 11.6. The van der Waals surface area contributed by atoms with Crippen LogP contribution in [0.5, 0.6) is 0 Å². The Hall–Kier alpha value is -2.14. The SMILES string of the molecule is CNCCCC(=O)NCc1ccc(Cn2ccnc2)cc1. The minimum absolute atomic E-state index is 0.104. The van der Waals surface area contributed by atoms with E-state index in [0.29, 0.717) is 13.0 Å². The molecule has 2 N–H and O–H groups in total. The van der Waals surface area contributed by atoms with Crippen LogP contribution in [0.25, 0.3) is 0 Å². The summed E-state index contributed by atoms with van der Waals surface area (Å²) in [6, 6.07) is 8.28. The van der Waals surface area contributed by atoms with Crippen molar-refractivity contribution in [2.75, 3.05) is 13.6 Å². The Morgan fingerprint density at radius 1 is 1.24 bits per heavy atom. The molecule has 1 aromatic heterocycles. The molecule has 1 amide bonds. The molecule has 5 heteroatoms. The Kier molecular flexibility index (Phi) is 5.97. The smallest absolute Gasteiger partial charge is 0.220 e. The topological polar surface area (TPSA) is 59.0 Å². The third-order valence-corrected chi connectivity index (χ3v) is 3.27. The first-order valence-corrected chi connectivity index (χ1v) is 7.23. The summed E-state index contributed by atoms with van der Waals surface area (Å²) in [5.41, 5.74) is 2.34. The van der Waals surface area contributed by atoms with Gasteiger partial charge in [0.25, 0.3) is 0 Å². The molecular formula is C16H22N4O. The molecule has 0 bridgehead atoms. The van der Waals surface area contributed by atoms with Gasteiger partial charge < -0.3 is 15.2 Å². The second-order valence-corrected chi connectivity index (χ2v) is 5.04. The lowest BCUT2D eigenvalue weighted by Crippen LogP contribution is -2.23. The zero-order valence-electron chi connectivity index (χ0n) is 12.4. The number of imidazole rings is 1. The van der Waals surface area contributed by atoms with Gasteiger partial charge in [0.05, 0.1) is 6.33 Å². The van der Waals surface area contributed by atoms with Gasteiger partial charge in [-0.1, -0.05) is 24.3 Å². The van der Waals surface area contributed by atoms with Crippen molar-refractivity contribution in [3.63, 3.8) is 0 Å². The molecule has 0 atom stereocenters. The summed E-state index contributed by atoms with van der Waals surface area (Å²) >= 11 is 0. The molecule has 1 aromatic carbocycles. The van der Waals surface area contributed by atoms with Gasteiger partial charge in [0.2, 0.25) is 5.91 Å². The lowest BCUT2D eigenvalue weighted by atomic mass is 10.1. The molecule has 0 fully saturated rings. The molecule has 0 aliphatic rings. The normalized spacial score (nSPS) is 10.5. The summed E-state index contributed by atoms with van der Waals surface area (Å²) in [5.74, 6) is 0.104. The minimum Gasteiger partial charge on any atom is -0.352 e. The summed E-state index contributed by atoms with van der Waals surface area (Å²) in [6.07, 6.45) is 6.96. The zero-order chi connectivity index (χ0) is 14.9. The number of hydrogen-bond donors (Lipinski definition) is 2. The van der Waals surface area contributed by atoms with Crippen molar-refractivity contribution >= 4 is 5.91 Å². The van der Waals surface area contributed by atoms with Gasteiger partial charge in [-0.25, -0.2) is 4.98 Å². The van der Waals surface area contributed by atoms with Crippen LogP contribution in [-0.4, -0.2) is 29.1 Å². The summed E-state index contributed by atoms with van der Waals surface area (Å²) in [5, 5.41) is 5.98. The van der Waals surface area contributed by atoms with Crippen LogP contribution >= 0.6 is 0 Å². The number of aromatic nitrogens is 2. The number of rotatable bonds is 8. The second kappa shape index (κ2) is 8.21. The number of amides is 1. The predicted octanol–water partition coefficient (Wildman–Crippen LogP) is 1.55. The van der Waals surface area contributed by atoms with Crippen molar-refractivity contribution in [2.24, 2.45) is 0 Å². The van der Waals surface area contributed by atoms with Crippen LogP contribution < -0.4 is 10.6 Å². The van der Waals surface area contributed by atoms with Crippen LogP contribution in [0.3, 0.4) is 0 Å². The van der Waals surface area contributed by atoms with Crippen LogP contribution in [0.4, 0.5) is 0 Å². The van der Waals surface area contributed by atoms with Gasteiger partial charge in [-0.15, -0.1) is 0 Å². The van der Waals surface area contributed by atoms with Crippen molar-refractivity contribution in [2.45, 2.75) is 25.9 Å². The van der Waals surface area contributed by atoms with Crippen molar-refractivity contribution in [3.8, 4) is 0 Å². The van der Waals surface area contributed by atoms with E-state index < -0.39 is 0 Å². The molecular weight excluding hydrogens is 264 g/mol. The van der Waals surface area contributed by atoms with E-state index in [2.05, 4.69) is 39.9 Å². The van der Waals surface area contributed by atoms with Crippen molar-refractivity contribution in [1.82, 2.24) is 20.2 Å². The van der Waals surface area contributed by atoms with Crippen LogP contribution in [0.15, 0.2) is 43.0 Å². The Morgan fingerprint density at radius 2 is 2.00 bits per heavy atom. The number of nitrogens with one attached hydrogen (secondary N) is 2. The van der Waals surface area contributed by atoms with Gasteiger partial charge in [0.1, 0.15) is 0 Å². The molecule has 0 spiro atoms. The molecule has 0 aliphatic heterocycles. The number of benzene rings is 1. The maximum absolute atomic E-state index is 11.6. The fourth-order valence-corrected chi connectivity index (χ4v) is 2.07. The van der Waals surface area contributed by atoms with Gasteiger partial charge in [-0.3, -0.25) is 4.79 Å². The summed E-state index contributed by atoms with van der Waals surface area (Å²) in [4.78, 5) is 15.6. The predicted molar refractivity (Wildman–Crippen MR) is 82.8 cm³/mol. The van der Waals surface area contributed by atoms with Gasteiger partial charge in [-0.2, -0.15) is 0 Å². The fraction of sp³-hybridized carbons (Fsp3) is 0.375. The molecule has 21 heavy (non-hydrogen) atoms. The highest BCUT2D eigenvalue weighted by molar-refractivity contribution is 5.75. The highest BCUT2D eigenvalue weighted by Gasteiger charge is 2.01. The van der Waals surface area contributed by atoms with E-state index in [1.807, 2.05) is 17.8 Å². The maximum Gasteiger partial charge on any atom is 0.220 e. The van der Waals surface area contributed by atoms with E-state index in [-0.39, 0.29) is 5.91 Å². The van der Waals surface area contributed by atoms with E-state index in [4.69, 9.17) is 0 Å². The largest absolute Gasteiger partial charge is 0.352 e. The molecule has 2 aromatic rings. The van der Waals surface area contributed by atoms with E-state index in [1.165, 1.54) is 5.56 Å². The Bertz CT molecular complexity index is 534. The van der Waals surface area contributed by atoms with Crippen molar-refractivity contribution in [3.05, 3.63) is 54.1 Å². The highest BCUT2D eigenvalue weighted by Crippen LogP contribution is 2.06. The third kappa shape index (κ3) is 5.39. The average molecular weight is 286 g/mol. The summed E-state index contributed by atoms with van der Waals surface area (Å²) in [7, 11) is 1.89. The summed E-state index contributed by atoms with van der Waals surface area (Å²) < 4.78 is 2.03. The Labute approximate surface area is 125 Å². The zero-order valence-corrected chi connectivity index (χ0v) is 12.4. The van der Waals surface area contributed by atoms with Crippen molar-refractivity contribution < 1.29 is 4.79 Å².